The Bertz CT molecular complexity index is 683. The zero-order valence-electron chi connectivity index (χ0n) is 14.9. The molecule has 0 atom stereocenters. The summed E-state index contributed by atoms with van der Waals surface area (Å²) in [6.07, 6.45) is 3.73. The number of rotatable bonds is 9. The summed E-state index contributed by atoms with van der Waals surface area (Å²) in [7, 11) is 0. The Kier molecular flexibility index (Phi) is 7.35. The van der Waals surface area contributed by atoms with Crippen LogP contribution in [0.25, 0.3) is 0 Å². The molecule has 2 aromatic rings. The van der Waals surface area contributed by atoms with Crippen LogP contribution < -0.4 is 10.6 Å². The van der Waals surface area contributed by atoms with E-state index in [1.807, 2.05) is 32.0 Å². The van der Waals surface area contributed by atoms with Gasteiger partial charge in [0.25, 0.3) is 5.91 Å². The average molecular weight is 342 g/mol. The van der Waals surface area contributed by atoms with E-state index in [4.69, 9.17) is 5.11 Å². The summed E-state index contributed by atoms with van der Waals surface area (Å²) in [5, 5.41) is 14.8. The van der Waals surface area contributed by atoms with Crippen LogP contribution in [0.4, 0.5) is 11.6 Å². The van der Waals surface area contributed by atoms with Crippen LogP contribution in [0, 0.1) is 13.8 Å². The second-order valence-electron chi connectivity index (χ2n) is 6.07. The quantitative estimate of drug-likeness (QED) is 0.610. The molecule has 1 amide bonds. The number of hydrogen-bond acceptors (Lipinski definition) is 5. The largest absolute Gasteiger partial charge is 0.396 e. The van der Waals surface area contributed by atoms with Crippen molar-refractivity contribution in [2.45, 2.75) is 39.5 Å². The van der Waals surface area contributed by atoms with E-state index in [1.165, 1.54) is 0 Å². The molecule has 0 aliphatic rings. The van der Waals surface area contributed by atoms with Gasteiger partial charge < -0.3 is 15.7 Å². The fourth-order valence-electron chi connectivity index (χ4n) is 2.54. The van der Waals surface area contributed by atoms with Crippen LogP contribution in [0.3, 0.4) is 0 Å². The third-order valence-corrected chi connectivity index (χ3v) is 3.73. The first-order valence-corrected chi connectivity index (χ1v) is 8.67. The van der Waals surface area contributed by atoms with E-state index >= 15 is 0 Å². The van der Waals surface area contributed by atoms with Crippen molar-refractivity contribution in [3.05, 3.63) is 47.3 Å². The monoisotopic (exact) mass is 342 g/mol. The topological polar surface area (TPSA) is 87.1 Å². The first-order valence-electron chi connectivity index (χ1n) is 8.67. The lowest BCUT2D eigenvalue weighted by molar-refractivity contribution is 0.0953. The van der Waals surface area contributed by atoms with Gasteiger partial charge in [-0.3, -0.25) is 4.79 Å². The van der Waals surface area contributed by atoms with Crippen LogP contribution in [-0.2, 0) is 0 Å². The molecule has 0 aliphatic carbocycles. The Balaban J connectivity index is 1.90. The summed E-state index contributed by atoms with van der Waals surface area (Å²) >= 11 is 0. The molecule has 0 aliphatic heterocycles. The SMILES string of the molecule is Cc1cc(C)nc(Nc2cccc(C(=O)NCCCCCCO)c2)n1. The third-order valence-electron chi connectivity index (χ3n) is 3.73. The Labute approximate surface area is 148 Å². The van der Waals surface area contributed by atoms with Crippen LogP contribution in [0.5, 0.6) is 0 Å². The Morgan fingerprint density at radius 3 is 2.48 bits per heavy atom. The number of carbonyl (C=O) groups is 1. The standard InChI is InChI=1S/C19H26N4O2/c1-14-12-15(2)22-19(21-14)23-17-9-7-8-16(13-17)18(25)20-10-5-3-4-6-11-24/h7-9,12-13,24H,3-6,10-11H2,1-2H3,(H,20,25)(H,21,22,23). The number of benzene rings is 1. The lowest BCUT2D eigenvalue weighted by atomic mass is 10.1. The van der Waals surface area contributed by atoms with Crippen molar-refractivity contribution >= 4 is 17.5 Å². The highest BCUT2D eigenvalue weighted by atomic mass is 16.2. The lowest BCUT2D eigenvalue weighted by Gasteiger charge is -2.09. The van der Waals surface area contributed by atoms with Gasteiger partial charge >= 0.3 is 0 Å². The van der Waals surface area contributed by atoms with E-state index < -0.39 is 0 Å². The van der Waals surface area contributed by atoms with E-state index in [0.29, 0.717) is 18.1 Å². The first kappa shape index (κ1) is 18.9. The van der Waals surface area contributed by atoms with Gasteiger partial charge in [-0.05, 0) is 51.0 Å². The lowest BCUT2D eigenvalue weighted by Crippen LogP contribution is -2.24. The molecule has 0 radical (unpaired) electrons. The summed E-state index contributed by atoms with van der Waals surface area (Å²) in [6, 6.07) is 9.21. The molecular weight excluding hydrogens is 316 g/mol. The normalized spacial score (nSPS) is 10.5. The van der Waals surface area contributed by atoms with E-state index in [1.54, 1.807) is 12.1 Å². The number of aromatic nitrogens is 2. The second-order valence-corrected chi connectivity index (χ2v) is 6.07. The Morgan fingerprint density at radius 2 is 1.76 bits per heavy atom. The fraction of sp³-hybridized carbons (Fsp3) is 0.421. The molecule has 2 rings (SSSR count). The van der Waals surface area contributed by atoms with Crippen molar-refractivity contribution in [3.8, 4) is 0 Å². The molecule has 6 heteroatoms. The smallest absolute Gasteiger partial charge is 0.251 e. The molecule has 1 aromatic carbocycles. The van der Waals surface area contributed by atoms with Crippen LogP contribution in [0.1, 0.15) is 47.4 Å². The van der Waals surface area contributed by atoms with Gasteiger partial charge in [0, 0.05) is 35.8 Å². The predicted molar refractivity (Wildman–Crippen MR) is 99.1 cm³/mol. The maximum Gasteiger partial charge on any atom is 0.251 e. The van der Waals surface area contributed by atoms with Gasteiger partial charge in [0.2, 0.25) is 5.95 Å². The Morgan fingerprint density at radius 1 is 1.04 bits per heavy atom. The average Bonchev–Trinajstić information content (AvgIpc) is 2.57. The van der Waals surface area contributed by atoms with Crippen LogP contribution in [-0.4, -0.2) is 34.1 Å². The van der Waals surface area contributed by atoms with E-state index in [2.05, 4.69) is 20.6 Å². The molecule has 134 valence electrons. The summed E-state index contributed by atoms with van der Waals surface area (Å²) in [4.78, 5) is 20.9. The number of aliphatic hydroxyl groups excluding tert-OH is 1. The molecule has 0 saturated carbocycles. The number of hydrogen-bond donors (Lipinski definition) is 3. The highest BCUT2D eigenvalue weighted by Gasteiger charge is 2.07. The molecule has 6 nitrogen and oxygen atoms in total. The zero-order chi connectivity index (χ0) is 18.1. The highest BCUT2D eigenvalue weighted by Crippen LogP contribution is 2.15. The van der Waals surface area contributed by atoms with Gasteiger partial charge in [-0.2, -0.15) is 0 Å². The summed E-state index contributed by atoms with van der Waals surface area (Å²) in [5.41, 5.74) is 3.17. The summed E-state index contributed by atoms with van der Waals surface area (Å²) in [5.74, 6) is 0.436. The van der Waals surface area contributed by atoms with Gasteiger partial charge in [-0.15, -0.1) is 0 Å². The van der Waals surface area contributed by atoms with Crippen LogP contribution >= 0.6 is 0 Å². The second kappa shape index (κ2) is 9.74. The molecule has 0 saturated heterocycles. The third kappa shape index (κ3) is 6.51. The van der Waals surface area contributed by atoms with E-state index in [0.717, 1.165) is 42.8 Å². The molecule has 0 bridgehead atoms. The maximum absolute atomic E-state index is 12.2. The molecule has 25 heavy (non-hydrogen) atoms. The van der Waals surface area contributed by atoms with E-state index in [9.17, 15) is 4.79 Å². The molecular formula is C19H26N4O2. The fourth-order valence-corrected chi connectivity index (χ4v) is 2.54. The Hall–Kier alpha value is -2.47. The van der Waals surface area contributed by atoms with E-state index in [-0.39, 0.29) is 12.5 Å². The van der Waals surface area contributed by atoms with Crippen molar-refractivity contribution < 1.29 is 9.90 Å². The van der Waals surface area contributed by atoms with Gasteiger partial charge in [-0.25, -0.2) is 9.97 Å². The van der Waals surface area contributed by atoms with Gasteiger partial charge in [0.15, 0.2) is 0 Å². The molecule has 0 fully saturated rings. The highest BCUT2D eigenvalue weighted by molar-refractivity contribution is 5.95. The number of carbonyl (C=O) groups excluding carboxylic acids is 1. The minimum atomic E-state index is -0.0906. The summed E-state index contributed by atoms with van der Waals surface area (Å²) in [6.45, 7) is 4.72. The predicted octanol–water partition coefficient (Wildman–Crippen LogP) is 3.12. The van der Waals surface area contributed by atoms with Crippen molar-refractivity contribution in [2.24, 2.45) is 0 Å². The molecule has 0 unspecified atom stereocenters. The number of unbranched alkanes of at least 4 members (excludes halogenated alkanes) is 3. The van der Waals surface area contributed by atoms with Gasteiger partial charge in [0.1, 0.15) is 0 Å². The number of aliphatic hydroxyl groups is 1. The molecule has 1 heterocycles. The summed E-state index contributed by atoms with van der Waals surface area (Å²) < 4.78 is 0. The molecule has 1 aromatic heterocycles. The van der Waals surface area contributed by atoms with Crippen molar-refractivity contribution in [3.63, 3.8) is 0 Å². The van der Waals surface area contributed by atoms with Crippen molar-refractivity contribution in [1.82, 2.24) is 15.3 Å². The maximum atomic E-state index is 12.2. The first-order chi connectivity index (χ1) is 12.1. The molecule has 0 spiro atoms. The number of amides is 1. The number of aryl methyl sites for hydroxylation is 2. The van der Waals surface area contributed by atoms with Crippen molar-refractivity contribution in [2.75, 3.05) is 18.5 Å². The van der Waals surface area contributed by atoms with Gasteiger partial charge in [0.05, 0.1) is 0 Å². The molecule has 3 N–H and O–H groups in total. The van der Waals surface area contributed by atoms with Crippen LogP contribution in [0.2, 0.25) is 0 Å². The number of nitrogens with one attached hydrogen (secondary N) is 2. The van der Waals surface area contributed by atoms with Gasteiger partial charge in [-0.1, -0.05) is 18.9 Å². The number of anilines is 2. The van der Waals surface area contributed by atoms with Crippen molar-refractivity contribution in [1.29, 1.82) is 0 Å². The van der Waals surface area contributed by atoms with Crippen LogP contribution in [0.15, 0.2) is 30.3 Å². The zero-order valence-corrected chi connectivity index (χ0v) is 14.9. The number of nitrogens with zero attached hydrogens (tertiary/aromatic N) is 2. The minimum absolute atomic E-state index is 0.0906. The minimum Gasteiger partial charge on any atom is -0.396 e.